The Kier molecular flexibility index (Phi) is 1.89. The van der Waals surface area contributed by atoms with Gasteiger partial charge >= 0.3 is 0 Å². The molecular formula is C9H15N3. The van der Waals surface area contributed by atoms with Gasteiger partial charge in [-0.1, -0.05) is 0 Å². The lowest BCUT2D eigenvalue weighted by atomic mass is 10.1. The number of aromatic nitrogens is 2. The maximum atomic E-state index is 4.27. The highest BCUT2D eigenvalue weighted by atomic mass is 15.2. The summed E-state index contributed by atoms with van der Waals surface area (Å²) in [5, 5.41) is 0. The molecule has 0 bridgehead atoms. The third-order valence-electron chi connectivity index (χ3n) is 2.53. The predicted octanol–water partition coefficient (Wildman–Crippen LogP) is 1.18. The van der Waals surface area contributed by atoms with Gasteiger partial charge in [0.2, 0.25) is 0 Å². The van der Waals surface area contributed by atoms with E-state index in [0.717, 1.165) is 19.5 Å². The molecule has 0 saturated carbocycles. The molecule has 3 heteroatoms. The van der Waals surface area contributed by atoms with Gasteiger partial charge in [-0.2, -0.15) is 0 Å². The largest absolute Gasteiger partial charge is 0.347 e. The summed E-state index contributed by atoms with van der Waals surface area (Å²) in [5.74, 6) is 0. The lowest BCUT2D eigenvalue weighted by Crippen LogP contribution is -2.35. The Labute approximate surface area is 72.8 Å². The first-order chi connectivity index (χ1) is 5.77. The van der Waals surface area contributed by atoms with Crippen molar-refractivity contribution < 1.29 is 0 Å². The highest BCUT2D eigenvalue weighted by Crippen LogP contribution is 2.16. The highest BCUT2D eigenvalue weighted by molar-refractivity contribution is 5.14. The standard InChI is InChI=1S/C9H15N3/c1-7(2)12-4-3-8-9(5-12)11-6-10-8/h6-7H,3-5H2,1-2H3,(H,10,11). The molecule has 0 unspecified atom stereocenters. The van der Waals surface area contributed by atoms with Gasteiger partial charge in [0.25, 0.3) is 0 Å². The third kappa shape index (κ3) is 1.25. The van der Waals surface area contributed by atoms with Crippen molar-refractivity contribution >= 4 is 0 Å². The topological polar surface area (TPSA) is 31.9 Å². The Hall–Kier alpha value is -0.830. The van der Waals surface area contributed by atoms with E-state index >= 15 is 0 Å². The van der Waals surface area contributed by atoms with Crippen LogP contribution in [0.2, 0.25) is 0 Å². The molecular weight excluding hydrogens is 150 g/mol. The molecule has 0 amide bonds. The van der Waals surface area contributed by atoms with Crippen LogP contribution in [0, 0.1) is 0 Å². The normalized spacial score (nSPS) is 18.2. The van der Waals surface area contributed by atoms with Crippen molar-refractivity contribution in [1.82, 2.24) is 14.9 Å². The number of fused-ring (bicyclic) bond motifs is 1. The molecule has 1 aromatic heterocycles. The van der Waals surface area contributed by atoms with Crippen molar-refractivity contribution in [1.29, 1.82) is 0 Å². The number of H-pyrrole nitrogens is 1. The summed E-state index contributed by atoms with van der Waals surface area (Å²) in [7, 11) is 0. The van der Waals surface area contributed by atoms with Crippen LogP contribution < -0.4 is 0 Å². The molecule has 0 radical (unpaired) electrons. The monoisotopic (exact) mass is 165 g/mol. The first-order valence-electron chi connectivity index (χ1n) is 4.52. The smallest absolute Gasteiger partial charge is 0.0925 e. The molecule has 3 nitrogen and oxygen atoms in total. The highest BCUT2D eigenvalue weighted by Gasteiger charge is 2.19. The molecule has 0 aliphatic carbocycles. The van der Waals surface area contributed by atoms with Crippen molar-refractivity contribution in [2.45, 2.75) is 32.9 Å². The average molecular weight is 165 g/mol. The van der Waals surface area contributed by atoms with Crippen molar-refractivity contribution in [3.05, 3.63) is 17.7 Å². The molecule has 2 rings (SSSR count). The number of nitrogens with zero attached hydrogens (tertiary/aromatic N) is 2. The zero-order valence-electron chi connectivity index (χ0n) is 7.67. The van der Waals surface area contributed by atoms with Crippen LogP contribution in [0.1, 0.15) is 25.2 Å². The molecule has 0 aromatic carbocycles. The number of rotatable bonds is 1. The molecule has 66 valence electrons. The molecule has 1 N–H and O–H groups in total. The first kappa shape index (κ1) is 7.80. The lowest BCUT2D eigenvalue weighted by molar-refractivity contribution is 0.200. The van der Waals surface area contributed by atoms with E-state index in [1.165, 1.54) is 11.4 Å². The fraction of sp³-hybridized carbons (Fsp3) is 0.667. The van der Waals surface area contributed by atoms with Crippen LogP contribution in [-0.2, 0) is 13.0 Å². The van der Waals surface area contributed by atoms with E-state index in [1.807, 2.05) is 0 Å². The zero-order valence-corrected chi connectivity index (χ0v) is 7.67. The maximum absolute atomic E-state index is 4.27. The van der Waals surface area contributed by atoms with E-state index in [2.05, 4.69) is 28.7 Å². The van der Waals surface area contributed by atoms with Crippen molar-refractivity contribution in [2.75, 3.05) is 6.54 Å². The molecule has 12 heavy (non-hydrogen) atoms. The van der Waals surface area contributed by atoms with E-state index in [0.29, 0.717) is 6.04 Å². The van der Waals surface area contributed by atoms with Gasteiger partial charge in [0, 0.05) is 25.6 Å². The average Bonchev–Trinajstić information content (AvgIpc) is 2.49. The molecule has 0 fully saturated rings. The fourth-order valence-corrected chi connectivity index (χ4v) is 1.67. The van der Waals surface area contributed by atoms with E-state index < -0.39 is 0 Å². The second-order valence-electron chi connectivity index (χ2n) is 3.64. The summed E-state index contributed by atoms with van der Waals surface area (Å²) < 4.78 is 0. The van der Waals surface area contributed by atoms with Gasteiger partial charge in [-0.3, -0.25) is 4.90 Å². The summed E-state index contributed by atoms with van der Waals surface area (Å²) >= 11 is 0. The van der Waals surface area contributed by atoms with Crippen molar-refractivity contribution in [3.63, 3.8) is 0 Å². The summed E-state index contributed by atoms with van der Waals surface area (Å²) in [6.07, 6.45) is 2.89. The van der Waals surface area contributed by atoms with Gasteiger partial charge in [-0.25, -0.2) is 4.98 Å². The molecule has 1 aliphatic rings. The lowest BCUT2D eigenvalue weighted by Gasteiger charge is -2.29. The summed E-state index contributed by atoms with van der Waals surface area (Å²) in [4.78, 5) is 9.92. The van der Waals surface area contributed by atoms with Crippen LogP contribution in [0.15, 0.2) is 6.33 Å². The van der Waals surface area contributed by atoms with Crippen LogP contribution in [0.5, 0.6) is 0 Å². The van der Waals surface area contributed by atoms with Gasteiger partial charge in [-0.15, -0.1) is 0 Å². The number of nitrogens with one attached hydrogen (secondary N) is 1. The molecule has 0 spiro atoms. The number of hydrogen-bond acceptors (Lipinski definition) is 2. The Morgan fingerprint density at radius 3 is 3.17 bits per heavy atom. The zero-order chi connectivity index (χ0) is 8.55. The Morgan fingerprint density at radius 1 is 1.58 bits per heavy atom. The molecule has 0 atom stereocenters. The van der Waals surface area contributed by atoms with Crippen LogP contribution >= 0.6 is 0 Å². The van der Waals surface area contributed by atoms with E-state index in [4.69, 9.17) is 0 Å². The minimum atomic E-state index is 0.640. The van der Waals surface area contributed by atoms with Crippen LogP contribution in [0.3, 0.4) is 0 Å². The number of aromatic amines is 1. The summed E-state index contributed by atoms with van der Waals surface area (Å²) in [6.45, 7) is 6.66. The first-order valence-corrected chi connectivity index (χ1v) is 4.52. The number of imidazole rings is 1. The van der Waals surface area contributed by atoms with Crippen molar-refractivity contribution in [2.24, 2.45) is 0 Å². The van der Waals surface area contributed by atoms with Crippen molar-refractivity contribution in [3.8, 4) is 0 Å². The van der Waals surface area contributed by atoms with E-state index in [9.17, 15) is 0 Å². The van der Waals surface area contributed by atoms with Gasteiger partial charge in [0.15, 0.2) is 0 Å². The van der Waals surface area contributed by atoms with Crippen LogP contribution in [-0.4, -0.2) is 27.5 Å². The van der Waals surface area contributed by atoms with Gasteiger partial charge in [0.1, 0.15) is 0 Å². The second kappa shape index (κ2) is 2.90. The predicted molar refractivity (Wildman–Crippen MR) is 47.8 cm³/mol. The van der Waals surface area contributed by atoms with E-state index in [-0.39, 0.29) is 0 Å². The van der Waals surface area contributed by atoms with Crippen LogP contribution in [0.25, 0.3) is 0 Å². The molecule has 0 saturated heterocycles. The summed E-state index contributed by atoms with van der Waals surface area (Å²) in [6, 6.07) is 0.640. The SMILES string of the molecule is CC(C)N1CCc2nc[nH]c2C1. The van der Waals surface area contributed by atoms with Crippen LogP contribution in [0.4, 0.5) is 0 Å². The molecule has 1 aliphatic heterocycles. The minimum absolute atomic E-state index is 0.640. The minimum Gasteiger partial charge on any atom is -0.347 e. The summed E-state index contributed by atoms with van der Waals surface area (Å²) in [5.41, 5.74) is 2.56. The maximum Gasteiger partial charge on any atom is 0.0925 e. The van der Waals surface area contributed by atoms with E-state index in [1.54, 1.807) is 6.33 Å². The van der Waals surface area contributed by atoms with Gasteiger partial charge in [-0.05, 0) is 13.8 Å². The quantitative estimate of drug-likeness (QED) is 0.677. The Balaban J connectivity index is 2.15. The molecule has 2 heterocycles. The van der Waals surface area contributed by atoms with Gasteiger partial charge < -0.3 is 4.98 Å². The number of hydrogen-bond donors (Lipinski definition) is 1. The molecule has 1 aromatic rings. The third-order valence-corrected chi connectivity index (χ3v) is 2.53. The Bertz CT molecular complexity index is 264. The fourth-order valence-electron chi connectivity index (χ4n) is 1.67. The van der Waals surface area contributed by atoms with Gasteiger partial charge in [0.05, 0.1) is 17.7 Å². The Morgan fingerprint density at radius 2 is 2.42 bits per heavy atom. The second-order valence-corrected chi connectivity index (χ2v) is 3.64.